The van der Waals surface area contributed by atoms with Gasteiger partial charge < -0.3 is 5.32 Å². The van der Waals surface area contributed by atoms with Crippen LogP contribution >= 0.6 is 34.3 Å². The Kier molecular flexibility index (Phi) is 4.56. The molecule has 0 aliphatic rings. The van der Waals surface area contributed by atoms with Gasteiger partial charge in [0, 0.05) is 29.3 Å². The van der Waals surface area contributed by atoms with Crippen LogP contribution in [0.3, 0.4) is 0 Å². The van der Waals surface area contributed by atoms with Gasteiger partial charge in [0.25, 0.3) is 0 Å². The van der Waals surface area contributed by atoms with Crippen LogP contribution in [-0.4, -0.2) is 4.98 Å². The topological polar surface area (TPSA) is 24.9 Å². The number of halogens is 1. The van der Waals surface area contributed by atoms with Crippen molar-refractivity contribution in [3.63, 3.8) is 0 Å². The predicted molar refractivity (Wildman–Crippen MR) is 76.1 cm³/mol. The molecule has 0 amide bonds. The first kappa shape index (κ1) is 13.0. The van der Waals surface area contributed by atoms with Gasteiger partial charge in [-0.1, -0.05) is 25.4 Å². The zero-order chi connectivity index (χ0) is 12.3. The second-order valence-electron chi connectivity index (χ2n) is 4.13. The van der Waals surface area contributed by atoms with Gasteiger partial charge in [-0.3, -0.25) is 0 Å². The molecule has 2 aromatic heterocycles. The fourth-order valence-electron chi connectivity index (χ4n) is 1.42. The van der Waals surface area contributed by atoms with Crippen molar-refractivity contribution < 1.29 is 0 Å². The van der Waals surface area contributed by atoms with Crippen molar-refractivity contribution in [1.82, 2.24) is 10.3 Å². The number of hydrogen-bond donors (Lipinski definition) is 1. The Morgan fingerprint density at radius 3 is 2.76 bits per heavy atom. The van der Waals surface area contributed by atoms with E-state index in [1.54, 1.807) is 22.7 Å². The number of aromatic nitrogens is 1. The first-order valence-corrected chi connectivity index (χ1v) is 7.67. The van der Waals surface area contributed by atoms with Crippen molar-refractivity contribution in [2.24, 2.45) is 0 Å². The third-order valence-corrected chi connectivity index (χ3v) is 4.93. The van der Waals surface area contributed by atoms with Gasteiger partial charge in [-0.05, 0) is 11.4 Å². The average molecular weight is 287 g/mol. The molecule has 2 rings (SSSR count). The summed E-state index contributed by atoms with van der Waals surface area (Å²) >= 11 is 9.44. The fraction of sp³-hybridized carbons (Fsp3) is 0.417. The van der Waals surface area contributed by atoms with E-state index in [-0.39, 0.29) is 0 Å². The maximum absolute atomic E-state index is 6.02. The highest BCUT2D eigenvalue weighted by Crippen LogP contribution is 2.22. The summed E-state index contributed by atoms with van der Waals surface area (Å²) in [4.78, 5) is 5.76. The summed E-state index contributed by atoms with van der Waals surface area (Å²) in [5, 5.41) is 9.56. The SMILES string of the molecule is CC(C)c1nc(CNCc2sccc2Cl)cs1. The first-order valence-electron chi connectivity index (χ1n) is 5.53. The molecule has 92 valence electrons. The maximum Gasteiger partial charge on any atom is 0.0954 e. The second-order valence-corrected chi connectivity index (χ2v) is 6.42. The summed E-state index contributed by atoms with van der Waals surface area (Å²) in [5.41, 5.74) is 1.12. The molecular weight excluding hydrogens is 272 g/mol. The quantitative estimate of drug-likeness (QED) is 0.888. The molecule has 0 spiro atoms. The number of rotatable bonds is 5. The predicted octanol–water partition coefficient (Wildman–Crippen LogP) is 4.27. The summed E-state index contributed by atoms with van der Waals surface area (Å²) in [7, 11) is 0. The molecule has 0 fully saturated rings. The minimum Gasteiger partial charge on any atom is -0.306 e. The summed E-state index contributed by atoms with van der Waals surface area (Å²) in [6.07, 6.45) is 0. The Morgan fingerprint density at radius 2 is 2.18 bits per heavy atom. The lowest BCUT2D eigenvalue weighted by Gasteiger charge is -2.01. The van der Waals surface area contributed by atoms with Gasteiger partial charge in [0.05, 0.1) is 15.7 Å². The average Bonchev–Trinajstić information content (AvgIpc) is 2.89. The van der Waals surface area contributed by atoms with Crippen LogP contribution in [0.15, 0.2) is 16.8 Å². The molecule has 2 aromatic rings. The van der Waals surface area contributed by atoms with E-state index < -0.39 is 0 Å². The Balaban J connectivity index is 1.84. The largest absolute Gasteiger partial charge is 0.306 e. The second kappa shape index (κ2) is 5.96. The molecular formula is C12H15ClN2S2. The lowest BCUT2D eigenvalue weighted by molar-refractivity contribution is 0.685. The molecule has 0 aromatic carbocycles. The molecule has 0 bridgehead atoms. The number of thiophene rings is 1. The van der Waals surface area contributed by atoms with Crippen molar-refractivity contribution in [3.8, 4) is 0 Å². The van der Waals surface area contributed by atoms with Crippen LogP contribution in [0.25, 0.3) is 0 Å². The lowest BCUT2D eigenvalue weighted by atomic mass is 10.2. The molecule has 1 N–H and O–H groups in total. The Morgan fingerprint density at radius 1 is 1.35 bits per heavy atom. The van der Waals surface area contributed by atoms with Crippen LogP contribution in [0.4, 0.5) is 0 Å². The molecule has 0 aliphatic heterocycles. The smallest absolute Gasteiger partial charge is 0.0954 e. The van der Waals surface area contributed by atoms with E-state index in [4.69, 9.17) is 11.6 Å². The highest BCUT2D eigenvalue weighted by atomic mass is 35.5. The van der Waals surface area contributed by atoms with Crippen LogP contribution in [0.5, 0.6) is 0 Å². The minimum atomic E-state index is 0.514. The van der Waals surface area contributed by atoms with Crippen LogP contribution in [0, 0.1) is 0 Å². The Bertz CT molecular complexity index is 476. The van der Waals surface area contributed by atoms with Gasteiger partial charge >= 0.3 is 0 Å². The standard InChI is InChI=1S/C12H15ClN2S2/c1-8(2)12-15-9(7-17-12)5-14-6-11-10(13)3-4-16-11/h3-4,7-8,14H,5-6H2,1-2H3. The molecule has 0 saturated carbocycles. The summed E-state index contributed by atoms with van der Waals surface area (Å²) in [6, 6.07) is 1.93. The van der Waals surface area contributed by atoms with Crippen LogP contribution < -0.4 is 5.32 Å². The number of hydrogen-bond acceptors (Lipinski definition) is 4. The molecule has 0 saturated heterocycles. The van der Waals surface area contributed by atoms with Gasteiger partial charge in [0.15, 0.2) is 0 Å². The summed E-state index contributed by atoms with van der Waals surface area (Å²) in [5.74, 6) is 0.514. The van der Waals surface area contributed by atoms with Crippen molar-refractivity contribution in [2.45, 2.75) is 32.9 Å². The van der Waals surface area contributed by atoms with E-state index in [9.17, 15) is 0 Å². The first-order chi connectivity index (χ1) is 8.16. The summed E-state index contributed by atoms with van der Waals surface area (Å²) in [6.45, 7) is 5.95. The molecule has 2 nitrogen and oxygen atoms in total. The molecule has 2 heterocycles. The highest BCUT2D eigenvalue weighted by molar-refractivity contribution is 7.10. The van der Waals surface area contributed by atoms with Crippen molar-refractivity contribution in [3.05, 3.63) is 37.4 Å². The van der Waals surface area contributed by atoms with Gasteiger partial charge in [-0.15, -0.1) is 22.7 Å². The van der Waals surface area contributed by atoms with E-state index in [1.165, 1.54) is 9.88 Å². The summed E-state index contributed by atoms with van der Waals surface area (Å²) < 4.78 is 0. The van der Waals surface area contributed by atoms with Crippen molar-refractivity contribution in [1.29, 1.82) is 0 Å². The van der Waals surface area contributed by atoms with Gasteiger partial charge in [0.1, 0.15) is 0 Å². The van der Waals surface area contributed by atoms with Crippen molar-refractivity contribution >= 4 is 34.3 Å². The van der Waals surface area contributed by atoms with Gasteiger partial charge in [-0.25, -0.2) is 4.98 Å². The zero-order valence-corrected chi connectivity index (χ0v) is 12.3. The molecule has 0 atom stereocenters. The van der Waals surface area contributed by atoms with E-state index in [2.05, 4.69) is 29.5 Å². The molecule has 0 unspecified atom stereocenters. The number of nitrogens with one attached hydrogen (secondary N) is 1. The third kappa shape index (κ3) is 3.52. The van der Waals surface area contributed by atoms with Crippen LogP contribution in [0.1, 0.15) is 35.3 Å². The van der Waals surface area contributed by atoms with E-state index in [1.807, 2.05) is 11.4 Å². The van der Waals surface area contributed by atoms with E-state index >= 15 is 0 Å². The van der Waals surface area contributed by atoms with E-state index in [0.29, 0.717) is 5.92 Å². The number of thiazole rings is 1. The van der Waals surface area contributed by atoms with E-state index in [0.717, 1.165) is 23.8 Å². The molecule has 0 aliphatic carbocycles. The fourth-order valence-corrected chi connectivity index (χ4v) is 3.33. The van der Waals surface area contributed by atoms with Crippen LogP contribution in [0.2, 0.25) is 5.02 Å². The highest BCUT2D eigenvalue weighted by Gasteiger charge is 2.06. The van der Waals surface area contributed by atoms with Crippen molar-refractivity contribution in [2.75, 3.05) is 0 Å². The van der Waals surface area contributed by atoms with Crippen LogP contribution in [-0.2, 0) is 13.1 Å². The van der Waals surface area contributed by atoms with Gasteiger partial charge in [-0.2, -0.15) is 0 Å². The molecule has 5 heteroatoms. The monoisotopic (exact) mass is 286 g/mol. The Labute approximate surface area is 115 Å². The third-order valence-electron chi connectivity index (χ3n) is 2.35. The minimum absolute atomic E-state index is 0.514. The maximum atomic E-state index is 6.02. The molecule has 0 radical (unpaired) electrons. The molecule has 17 heavy (non-hydrogen) atoms. The number of nitrogens with zero attached hydrogens (tertiary/aromatic N) is 1. The Hall–Kier alpha value is -0.420. The normalized spacial score (nSPS) is 11.3. The van der Waals surface area contributed by atoms with Gasteiger partial charge in [0.2, 0.25) is 0 Å². The lowest BCUT2D eigenvalue weighted by Crippen LogP contribution is -2.12. The zero-order valence-electron chi connectivity index (χ0n) is 9.87.